The first kappa shape index (κ1) is 22.0. The number of fused-ring (bicyclic) bond motifs is 1. The number of sulfonamides is 1. The van der Waals surface area contributed by atoms with E-state index in [9.17, 15) is 18.0 Å². The van der Waals surface area contributed by atoms with Crippen LogP contribution in [0.4, 0.5) is 5.69 Å². The second-order valence-electron chi connectivity index (χ2n) is 8.14. The number of anilines is 1. The van der Waals surface area contributed by atoms with Crippen LogP contribution < -0.4 is 13.8 Å². The molecule has 0 spiro atoms. The summed E-state index contributed by atoms with van der Waals surface area (Å²) in [5, 5.41) is 0.121. The molecule has 3 heterocycles. The highest BCUT2D eigenvalue weighted by atomic mass is 35.5. The maximum atomic E-state index is 13.0. The van der Waals surface area contributed by atoms with E-state index in [1.54, 1.807) is 4.90 Å². The van der Waals surface area contributed by atoms with Crippen molar-refractivity contribution >= 4 is 39.1 Å². The number of ether oxygens (including phenoxy) is 2. The number of hydrogen-bond donors (Lipinski definition) is 0. The fraction of sp³-hybridized carbons (Fsp3) is 0.364. The Balaban J connectivity index is 1.22. The molecule has 3 aliphatic heterocycles. The van der Waals surface area contributed by atoms with Crippen molar-refractivity contribution in [3.63, 3.8) is 0 Å². The first-order valence-electron chi connectivity index (χ1n) is 10.6. The fourth-order valence-electron chi connectivity index (χ4n) is 4.25. The van der Waals surface area contributed by atoms with Crippen molar-refractivity contribution < 1.29 is 27.5 Å². The number of carbonyl (C=O) groups excluding carboxylic acids is 2. The normalized spacial score (nSPS) is 19.8. The molecule has 0 saturated carbocycles. The largest absolute Gasteiger partial charge is 0.454 e. The van der Waals surface area contributed by atoms with E-state index in [4.69, 9.17) is 21.1 Å². The number of piperazine rings is 1. The van der Waals surface area contributed by atoms with Crippen molar-refractivity contribution in [3.05, 3.63) is 52.5 Å². The first-order valence-corrected chi connectivity index (χ1v) is 12.6. The molecule has 0 N–H and O–H groups in total. The number of carbonyl (C=O) groups is 2. The predicted molar refractivity (Wildman–Crippen MR) is 121 cm³/mol. The Morgan fingerprint density at radius 2 is 1.76 bits per heavy atom. The summed E-state index contributed by atoms with van der Waals surface area (Å²) in [5.41, 5.74) is 1.56. The van der Waals surface area contributed by atoms with Gasteiger partial charge in [-0.3, -0.25) is 14.5 Å². The minimum atomic E-state index is -3.69. The van der Waals surface area contributed by atoms with Gasteiger partial charge in [-0.25, -0.2) is 12.7 Å². The molecule has 0 aliphatic carbocycles. The monoisotopic (exact) mass is 491 g/mol. The van der Waals surface area contributed by atoms with Crippen molar-refractivity contribution in [1.82, 2.24) is 9.80 Å². The van der Waals surface area contributed by atoms with Crippen LogP contribution in [0.3, 0.4) is 0 Å². The molecule has 2 fully saturated rings. The molecule has 2 saturated heterocycles. The van der Waals surface area contributed by atoms with Crippen molar-refractivity contribution in [1.29, 1.82) is 0 Å². The highest BCUT2D eigenvalue weighted by Crippen LogP contribution is 2.33. The SMILES string of the molecule is O=C(c1ccc(N2C(=O)CCS2(=O)=O)cc1Cl)N1CCN(Cc2ccc3c(c2)OCO3)CC1. The Bertz CT molecular complexity index is 1230. The van der Waals surface area contributed by atoms with Gasteiger partial charge in [0, 0.05) is 39.1 Å². The summed E-state index contributed by atoms with van der Waals surface area (Å²) in [7, 11) is -3.69. The fourth-order valence-corrected chi connectivity index (χ4v) is 5.96. The van der Waals surface area contributed by atoms with Crippen molar-refractivity contribution in [3.8, 4) is 11.5 Å². The Kier molecular flexibility index (Phi) is 5.67. The van der Waals surface area contributed by atoms with Gasteiger partial charge in [-0.05, 0) is 35.9 Å². The van der Waals surface area contributed by atoms with E-state index in [1.807, 2.05) is 18.2 Å². The number of benzene rings is 2. The van der Waals surface area contributed by atoms with E-state index in [0.717, 1.165) is 27.9 Å². The molecule has 0 aromatic heterocycles. The maximum absolute atomic E-state index is 13.0. The molecule has 0 bridgehead atoms. The first-order chi connectivity index (χ1) is 15.8. The van der Waals surface area contributed by atoms with Crippen LogP contribution in [0.15, 0.2) is 36.4 Å². The van der Waals surface area contributed by atoms with E-state index in [1.165, 1.54) is 18.2 Å². The molecule has 0 unspecified atom stereocenters. The van der Waals surface area contributed by atoms with Gasteiger partial charge >= 0.3 is 0 Å². The molecule has 9 nitrogen and oxygen atoms in total. The maximum Gasteiger partial charge on any atom is 0.255 e. The van der Waals surface area contributed by atoms with Crippen LogP contribution in [0.1, 0.15) is 22.3 Å². The van der Waals surface area contributed by atoms with Crippen LogP contribution >= 0.6 is 11.6 Å². The minimum absolute atomic E-state index is 0.0584. The number of hydrogen-bond acceptors (Lipinski definition) is 7. The summed E-state index contributed by atoms with van der Waals surface area (Å²) >= 11 is 6.33. The molecule has 0 radical (unpaired) electrons. The molecule has 2 aromatic carbocycles. The topological polar surface area (TPSA) is 96.5 Å². The van der Waals surface area contributed by atoms with Gasteiger partial charge in [-0.15, -0.1) is 0 Å². The van der Waals surface area contributed by atoms with Crippen LogP contribution in [-0.4, -0.2) is 68.8 Å². The molecule has 174 valence electrons. The lowest BCUT2D eigenvalue weighted by atomic mass is 10.1. The minimum Gasteiger partial charge on any atom is -0.454 e. The molecule has 3 aliphatic rings. The molecule has 33 heavy (non-hydrogen) atoms. The Morgan fingerprint density at radius 3 is 2.45 bits per heavy atom. The molecule has 2 aromatic rings. The van der Waals surface area contributed by atoms with Gasteiger partial charge in [0.1, 0.15) is 0 Å². The average molecular weight is 492 g/mol. The van der Waals surface area contributed by atoms with Crippen molar-refractivity contribution in [2.45, 2.75) is 13.0 Å². The van der Waals surface area contributed by atoms with Crippen LogP contribution in [0.25, 0.3) is 0 Å². The quantitative estimate of drug-likeness (QED) is 0.646. The third-order valence-corrected chi connectivity index (χ3v) is 8.00. The number of rotatable bonds is 4. The van der Waals surface area contributed by atoms with E-state index in [2.05, 4.69) is 4.90 Å². The lowest BCUT2D eigenvalue weighted by Gasteiger charge is -2.35. The van der Waals surface area contributed by atoms with Crippen LogP contribution in [0.2, 0.25) is 5.02 Å². The third-order valence-electron chi connectivity index (χ3n) is 6.00. The summed E-state index contributed by atoms with van der Waals surface area (Å²) in [6.45, 7) is 3.48. The zero-order valence-electron chi connectivity index (χ0n) is 17.7. The zero-order valence-corrected chi connectivity index (χ0v) is 19.3. The van der Waals surface area contributed by atoms with E-state index >= 15 is 0 Å². The molecule has 11 heteroatoms. The summed E-state index contributed by atoms with van der Waals surface area (Å²) < 4.78 is 35.8. The van der Waals surface area contributed by atoms with E-state index in [0.29, 0.717) is 26.2 Å². The smallest absolute Gasteiger partial charge is 0.255 e. The summed E-state index contributed by atoms with van der Waals surface area (Å²) in [5.74, 6) is 0.570. The van der Waals surface area contributed by atoms with E-state index < -0.39 is 15.9 Å². The second kappa shape index (κ2) is 8.51. The van der Waals surface area contributed by atoms with E-state index in [-0.39, 0.29) is 41.1 Å². The van der Waals surface area contributed by atoms with Crippen LogP contribution in [-0.2, 0) is 21.4 Å². The Hall–Kier alpha value is -2.82. The number of halogens is 1. The summed E-state index contributed by atoms with van der Waals surface area (Å²) in [6.07, 6.45) is -0.0584. The van der Waals surface area contributed by atoms with Gasteiger partial charge in [0.25, 0.3) is 5.91 Å². The summed E-state index contributed by atoms with van der Waals surface area (Å²) in [4.78, 5) is 29.0. The zero-order chi connectivity index (χ0) is 23.2. The van der Waals surface area contributed by atoms with Crippen LogP contribution in [0.5, 0.6) is 11.5 Å². The predicted octanol–water partition coefficient (Wildman–Crippen LogP) is 2.09. The van der Waals surface area contributed by atoms with Gasteiger partial charge in [-0.1, -0.05) is 17.7 Å². The molecular formula is C22H22ClN3O6S. The lowest BCUT2D eigenvalue weighted by Crippen LogP contribution is -2.48. The third kappa shape index (κ3) is 4.25. The summed E-state index contributed by atoms with van der Waals surface area (Å²) in [6, 6.07) is 10.2. The molecule has 5 rings (SSSR count). The Morgan fingerprint density at radius 1 is 1.00 bits per heavy atom. The average Bonchev–Trinajstić information content (AvgIpc) is 3.36. The van der Waals surface area contributed by atoms with Crippen molar-refractivity contribution in [2.24, 2.45) is 0 Å². The highest BCUT2D eigenvalue weighted by molar-refractivity contribution is 7.94. The van der Waals surface area contributed by atoms with Gasteiger partial charge in [-0.2, -0.15) is 0 Å². The molecular weight excluding hydrogens is 470 g/mol. The van der Waals surface area contributed by atoms with Crippen LogP contribution in [0, 0.1) is 0 Å². The van der Waals surface area contributed by atoms with Gasteiger partial charge < -0.3 is 14.4 Å². The molecule has 2 amide bonds. The standard InChI is InChI=1S/C22H22ClN3O6S/c23-18-12-16(26-21(27)5-10-33(26,29)30)2-3-17(18)22(28)25-8-6-24(7-9-25)13-15-1-4-19-20(11-15)32-14-31-19/h1-4,11-12H,5-10,13-14H2. The van der Waals surface area contributed by atoms with Gasteiger partial charge in [0.15, 0.2) is 11.5 Å². The number of nitrogens with zero attached hydrogens (tertiary/aromatic N) is 3. The van der Waals surface area contributed by atoms with Gasteiger partial charge in [0.2, 0.25) is 22.7 Å². The number of amides is 2. The van der Waals surface area contributed by atoms with Crippen molar-refractivity contribution in [2.75, 3.05) is 43.0 Å². The lowest BCUT2D eigenvalue weighted by molar-refractivity contribution is -0.116. The Labute approximate surface area is 196 Å². The highest BCUT2D eigenvalue weighted by Gasteiger charge is 2.36. The molecule has 0 atom stereocenters. The van der Waals surface area contributed by atoms with Gasteiger partial charge in [0.05, 0.1) is 22.0 Å². The second-order valence-corrected chi connectivity index (χ2v) is 10.5.